The first-order chi connectivity index (χ1) is 8.20. The normalized spacial score (nSPS) is 9.94. The zero-order valence-corrected chi connectivity index (χ0v) is 11.6. The standard InChI is InChI=1S/C12H10BrN3S/c1-8-16-9(7-17-8)6-15-12-4-2-3-11(13)10(12)5-14/h2-4,7,15H,6H2,1H3. The van der Waals surface area contributed by atoms with Gasteiger partial charge in [-0.2, -0.15) is 5.26 Å². The lowest BCUT2D eigenvalue weighted by molar-refractivity contribution is 1.05. The molecule has 0 aliphatic rings. The molecule has 1 aromatic carbocycles. The van der Waals surface area contributed by atoms with Crippen LogP contribution >= 0.6 is 27.3 Å². The van der Waals surface area contributed by atoms with E-state index in [0.717, 1.165) is 20.9 Å². The molecule has 0 unspecified atom stereocenters. The zero-order valence-electron chi connectivity index (χ0n) is 9.20. The number of benzene rings is 1. The third kappa shape index (κ3) is 2.84. The van der Waals surface area contributed by atoms with Gasteiger partial charge >= 0.3 is 0 Å². The highest BCUT2D eigenvalue weighted by Gasteiger charge is 2.06. The summed E-state index contributed by atoms with van der Waals surface area (Å²) < 4.78 is 0.805. The Morgan fingerprint density at radius 3 is 3.00 bits per heavy atom. The van der Waals surface area contributed by atoms with E-state index in [1.54, 1.807) is 11.3 Å². The lowest BCUT2D eigenvalue weighted by Gasteiger charge is -2.07. The monoisotopic (exact) mass is 307 g/mol. The van der Waals surface area contributed by atoms with Crippen LogP contribution in [0.4, 0.5) is 5.69 Å². The predicted molar refractivity (Wildman–Crippen MR) is 73.0 cm³/mol. The first-order valence-electron chi connectivity index (χ1n) is 5.04. The van der Waals surface area contributed by atoms with Crippen molar-refractivity contribution in [3.05, 3.63) is 44.3 Å². The maximum absolute atomic E-state index is 9.07. The van der Waals surface area contributed by atoms with Crippen molar-refractivity contribution in [3.8, 4) is 6.07 Å². The number of nitrogens with one attached hydrogen (secondary N) is 1. The quantitative estimate of drug-likeness (QED) is 0.940. The minimum Gasteiger partial charge on any atom is -0.378 e. The second kappa shape index (κ2) is 5.30. The van der Waals surface area contributed by atoms with Gasteiger partial charge in [0, 0.05) is 9.85 Å². The number of hydrogen-bond donors (Lipinski definition) is 1. The Morgan fingerprint density at radius 1 is 1.53 bits per heavy atom. The second-order valence-electron chi connectivity index (χ2n) is 3.49. The average Bonchev–Trinajstić information content (AvgIpc) is 2.72. The van der Waals surface area contributed by atoms with Crippen LogP contribution in [0.1, 0.15) is 16.3 Å². The molecule has 2 rings (SSSR count). The fourth-order valence-electron chi connectivity index (χ4n) is 1.46. The van der Waals surface area contributed by atoms with Crippen molar-refractivity contribution in [3.63, 3.8) is 0 Å². The molecule has 0 saturated carbocycles. The number of halogens is 1. The molecule has 0 radical (unpaired) electrons. The number of aryl methyl sites for hydroxylation is 1. The van der Waals surface area contributed by atoms with Crippen molar-refractivity contribution in [1.29, 1.82) is 5.26 Å². The van der Waals surface area contributed by atoms with E-state index in [1.165, 1.54) is 0 Å². The number of nitriles is 1. The molecule has 0 amide bonds. The highest BCUT2D eigenvalue weighted by Crippen LogP contribution is 2.24. The molecule has 0 spiro atoms. The van der Waals surface area contributed by atoms with Gasteiger partial charge in [0.15, 0.2) is 0 Å². The van der Waals surface area contributed by atoms with Gasteiger partial charge in [0.2, 0.25) is 0 Å². The zero-order chi connectivity index (χ0) is 12.3. The Morgan fingerprint density at radius 2 is 2.35 bits per heavy atom. The summed E-state index contributed by atoms with van der Waals surface area (Å²) in [5.74, 6) is 0. The van der Waals surface area contributed by atoms with Crippen LogP contribution in [0.2, 0.25) is 0 Å². The van der Waals surface area contributed by atoms with Crippen molar-refractivity contribution in [2.75, 3.05) is 5.32 Å². The molecule has 0 aliphatic heterocycles. The minimum atomic E-state index is 0.624. The molecule has 1 aromatic heterocycles. The lowest BCUT2D eigenvalue weighted by Crippen LogP contribution is -2.01. The van der Waals surface area contributed by atoms with Gasteiger partial charge in [-0.05, 0) is 35.0 Å². The van der Waals surface area contributed by atoms with Crippen LogP contribution in [0.15, 0.2) is 28.1 Å². The van der Waals surface area contributed by atoms with Crippen LogP contribution in [-0.2, 0) is 6.54 Å². The molecule has 0 fully saturated rings. The Labute approximate surface area is 112 Å². The highest BCUT2D eigenvalue weighted by atomic mass is 79.9. The fourth-order valence-corrected chi connectivity index (χ4v) is 2.53. The summed E-state index contributed by atoms with van der Waals surface area (Å²) in [4.78, 5) is 4.37. The second-order valence-corrected chi connectivity index (χ2v) is 5.40. The van der Waals surface area contributed by atoms with Crippen LogP contribution in [0, 0.1) is 18.3 Å². The van der Waals surface area contributed by atoms with Crippen LogP contribution in [0.3, 0.4) is 0 Å². The molecular weight excluding hydrogens is 298 g/mol. The molecule has 2 aromatic rings. The number of thiazole rings is 1. The van der Waals surface area contributed by atoms with E-state index in [9.17, 15) is 0 Å². The van der Waals surface area contributed by atoms with E-state index in [-0.39, 0.29) is 0 Å². The molecule has 0 atom stereocenters. The highest BCUT2D eigenvalue weighted by molar-refractivity contribution is 9.10. The number of rotatable bonds is 3. The predicted octanol–water partition coefficient (Wildman–Crippen LogP) is 3.70. The smallest absolute Gasteiger partial charge is 0.103 e. The first kappa shape index (κ1) is 12.1. The number of anilines is 1. The largest absolute Gasteiger partial charge is 0.378 e. The van der Waals surface area contributed by atoms with E-state index in [2.05, 4.69) is 32.3 Å². The van der Waals surface area contributed by atoms with E-state index in [4.69, 9.17) is 5.26 Å². The minimum absolute atomic E-state index is 0.624. The van der Waals surface area contributed by atoms with Crippen molar-refractivity contribution in [2.24, 2.45) is 0 Å². The lowest BCUT2D eigenvalue weighted by atomic mass is 10.2. The molecular formula is C12H10BrN3S. The van der Waals surface area contributed by atoms with Crippen LogP contribution in [-0.4, -0.2) is 4.98 Å². The summed E-state index contributed by atoms with van der Waals surface area (Å²) in [5, 5.41) is 15.4. The summed E-state index contributed by atoms with van der Waals surface area (Å²) in [5.41, 5.74) is 2.45. The molecule has 0 saturated heterocycles. The number of nitrogens with zero attached hydrogens (tertiary/aromatic N) is 2. The van der Waals surface area contributed by atoms with Crippen LogP contribution < -0.4 is 5.32 Å². The maximum atomic E-state index is 9.07. The third-order valence-corrected chi connectivity index (χ3v) is 3.74. The molecule has 86 valence electrons. The summed E-state index contributed by atoms with van der Waals surface area (Å²) in [6.07, 6.45) is 0. The van der Waals surface area contributed by atoms with Gasteiger partial charge in [0.1, 0.15) is 6.07 Å². The SMILES string of the molecule is Cc1nc(CNc2cccc(Br)c2C#N)cs1. The topological polar surface area (TPSA) is 48.7 Å². The Bertz CT molecular complexity index is 571. The third-order valence-electron chi connectivity index (χ3n) is 2.25. The molecule has 0 bridgehead atoms. The summed E-state index contributed by atoms with van der Waals surface area (Å²) >= 11 is 4.99. The summed E-state index contributed by atoms with van der Waals surface area (Å²) in [6, 6.07) is 7.83. The van der Waals surface area contributed by atoms with E-state index < -0.39 is 0 Å². The van der Waals surface area contributed by atoms with Crippen LogP contribution in [0.25, 0.3) is 0 Å². The van der Waals surface area contributed by atoms with Crippen molar-refractivity contribution >= 4 is 33.0 Å². The molecule has 3 nitrogen and oxygen atoms in total. The number of hydrogen-bond acceptors (Lipinski definition) is 4. The number of aromatic nitrogens is 1. The van der Waals surface area contributed by atoms with Crippen molar-refractivity contribution < 1.29 is 0 Å². The maximum Gasteiger partial charge on any atom is 0.103 e. The van der Waals surface area contributed by atoms with Gasteiger partial charge in [-0.3, -0.25) is 0 Å². The first-order valence-corrected chi connectivity index (χ1v) is 6.71. The van der Waals surface area contributed by atoms with Gasteiger partial charge in [-0.15, -0.1) is 11.3 Å². The molecule has 1 heterocycles. The van der Waals surface area contributed by atoms with Crippen LogP contribution in [0.5, 0.6) is 0 Å². The van der Waals surface area contributed by atoms with Crippen molar-refractivity contribution in [1.82, 2.24) is 4.98 Å². The molecule has 0 aliphatic carbocycles. The Balaban J connectivity index is 2.14. The van der Waals surface area contributed by atoms with Crippen molar-refractivity contribution in [2.45, 2.75) is 13.5 Å². The van der Waals surface area contributed by atoms with E-state index in [0.29, 0.717) is 12.1 Å². The van der Waals surface area contributed by atoms with Gasteiger partial charge in [-0.25, -0.2) is 4.98 Å². The van der Waals surface area contributed by atoms with Gasteiger partial charge in [0.05, 0.1) is 28.5 Å². The van der Waals surface area contributed by atoms with Gasteiger partial charge < -0.3 is 5.32 Å². The van der Waals surface area contributed by atoms with E-state index >= 15 is 0 Å². The summed E-state index contributed by atoms with van der Waals surface area (Å²) in [7, 11) is 0. The Hall–Kier alpha value is -1.38. The Kier molecular flexibility index (Phi) is 3.77. The average molecular weight is 308 g/mol. The molecule has 17 heavy (non-hydrogen) atoms. The fraction of sp³-hybridized carbons (Fsp3) is 0.167. The van der Waals surface area contributed by atoms with Gasteiger partial charge in [0.25, 0.3) is 0 Å². The molecule has 5 heteroatoms. The van der Waals surface area contributed by atoms with E-state index in [1.807, 2.05) is 30.5 Å². The molecule has 1 N–H and O–H groups in total. The van der Waals surface area contributed by atoms with Gasteiger partial charge in [-0.1, -0.05) is 6.07 Å². The summed E-state index contributed by atoms with van der Waals surface area (Å²) in [6.45, 7) is 2.61.